The van der Waals surface area contributed by atoms with Crippen LogP contribution in [0.2, 0.25) is 0 Å². The molecule has 0 saturated carbocycles. The fourth-order valence-electron chi connectivity index (χ4n) is 3.05. The molecule has 3 amide bonds. The molecular weight excluding hydrogens is 346 g/mol. The number of benzene rings is 1. The number of carbonyl (C=O) groups excluding carboxylic acids is 3. The van der Waals surface area contributed by atoms with E-state index in [-0.39, 0.29) is 30.1 Å². The van der Waals surface area contributed by atoms with Crippen molar-refractivity contribution in [3.63, 3.8) is 0 Å². The summed E-state index contributed by atoms with van der Waals surface area (Å²) in [5.41, 5.74) is 1.50. The quantitative estimate of drug-likeness (QED) is 0.839. The van der Waals surface area contributed by atoms with Crippen LogP contribution in [0.1, 0.15) is 28.1 Å². The second-order valence-corrected chi connectivity index (χ2v) is 6.87. The molecule has 1 aliphatic rings. The number of hydrogen-bond donors (Lipinski definition) is 1. The fourth-order valence-corrected chi connectivity index (χ4v) is 3.05. The smallest absolute Gasteiger partial charge is 0.253 e. The first-order valence-corrected chi connectivity index (χ1v) is 8.82. The van der Waals surface area contributed by atoms with Gasteiger partial charge in [0, 0.05) is 39.2 Å². The Morgan fingerprint density at radius 3 is 2.59 bits per heavy atom. The van der Waals surface area contributed by atoms with Crippen LogP contribution in [0.25, 0.3) is 0 Å². The molecule has 1 saturated heterocycles. The van der Waals surface area contributed by atoms with Crippen molar-refractivity contribution in [2.45, 2.75) is 19.5 Å². The van der Waals surface area contributed by atoms with Crippen LogP contribution in [0.4, 0.5) is 0 Å². The Hall–Kier alpha value is -3.09. The van der Waals surface area contributed by atoms with Gasteiger partial charge < -0.3 is 19.5 Å². The van der Waals surface area contributed by atoms with Crippen LogP contribution >= 0.6 is 0 Å². The summed E-state index contributed by atoms with van der Waals surface area (Å²) in [5.74, 6) is 0.0994. The molecule has 2 aromatic rings. The van der Waals surface area contributed by atoms with Gasteiger partial charge in [-0.15, -0.1) is 0 Å². The zero-order valence-electron chi connectivity index (χ0n) is 15.5. The summed E-state index contributed by atoms with van der Waals surface area (Å²) in [5, 5.41) is 2.88. The number of likely N-dealkylation sites (tertiary alicyclic amines) is 1. The molecule has 2 heterocycles. The number of amides is 3. The maximum absolute atomic E-state index is 12.4. The van der Waals surface area contributed by atoms with Gasteiger partial charge in [0.2, 0.25) is 11.8 Å². The molecule has 3 rings (SSSR count). The third-order valence-electron chi connectivity index (χ3n) is 4.59. The Morgan fingerprint density at radius 2 is 1.96 bits per heavy atom. The van der Waals surface area contributed by atoms with Gasteiger partial charge in [-0.3, -0.25) is 14.4 Å². The van der Waals surface area contributed by atoms with Crippen molar-refractivity contribution in [2.75, 3.05) is 20.6 Å². The average molecular weight is 369 g/mol. The number of rotatable bonds is 6. The first-order chi connectivity index (χ1) is 12.9. The Labute approximate surface area is 157 Å². The minimum absolute atomic E-state index is 0.0434. The van der Waals surface area contributed by atoms with E-state index in [1.807, 2.05) is 18.2 Å². The maximum Gasteiger partial charge on any atom is 0.253 e. The largest absolute Gasteiger partial charge is 0.467 e. The third-order valence-corrected chi connectivity index (χ3v) is 4.59. The molecule has 1 aromatic heterocycles. The Bertz CT molecular complexity index is 812. The average Bonchev–Trinajstić information content (AvgIpc) is 3.30. The molecule has 1 aliphatic heterocycles. The summed E-state index contributed by atoms with van der Waals surface area (Å²) in [7, 11) is 3.41. The van der Waals surface area contributed by atoms with Crippen molar-refractivity contribution in [1.29, 1.82) is 0 Å². The second kappa shape index (κ2) is 8.07. The summed E-state index contributed by atoms with van der Waals surface area (Å²) >= 11 is 0. The lowest BCUT2D eigenvalue weighted by Crippen LogP contribution is -2.32. The van der Waals surface area contributed by atoms with Gasteiger partial charge in [-0.2, -0.15) is 0 Å². The van der Waals surface area contributed by atoms with E-state index < -0.39 is 0 Å². The maximum atomic E-state index is 12.4. The molecule has 1 aromatic carbocycles. The van der Waals surface area contributed by atoms with Gasteiger partial charge in [0.05, 0.1) is 18.7 Å². The first-order valence-electron chi connectivity index (χ1n) is 8.82. The van der Waals surface area contributed by atoms with E-state index in [9.17, 15) is 14.4 Å². The predicted molar refractivity (Wildman–Crippen MR) is 98.5 cm³/mol. The lowest BCUT2D eigenvalue weighted by molar-refractivity contribution is -0.129. The number of carbonyl (C=O) groups is 3. The molecule has 1 unspecified atom stereocenters. The van der Waals surface area contributed by atoms with Crippen LogP contribution in [0.3, 0.4) is 0 Å². The Morgan fingerprint density at radius 1 is 1.22 bits per heavy atom. The molecular formula is C20H23N3O4. The standard InChI is InChI=1S/C20H23N3O4/c1-22(2)20(26)15-7-5-14(6-8-15)11-21-19(25)16-10-18(24)23(12-16)13-17-4-3-9-27-17/h3-9,16H,10-13H2,1-2H3,(H,21,25). The molecule has 142 valence electrons. The summed E-state index contributed by atoms with van der Waals surface area (Å²) in [6, 6.07) is 10.7. The minimum atomic E-state index is -0.359. The van der Waals surface area contributed by atoms with Crippen LogP contribution in [0, 0.1) is 5.92 Å². The SMILES string of the molecule is CN(C)C(=O)c1ccc(CNC(=O)C2CC(=O)N(Cc3ccco3)C2)cc1. The van der Waals surface area contributed by atoms with Gasteiger partial charge in [-0.25, -0.2) is 0 Å². The van der Waals surface area contributed by atoms with E-state index in [1.165, 1.54) is 4.90 Å². The number of furan rings is 1. The van der Waals surface area contributed by atoms with Crippen molar-refractivity contribution < 1.29 is 18.8 Å². The molecule has 1 atom stereocenters. The number of hydrogen-bond acceptors (Lipinski definition) is 4. The summed E-state index contributed by atoms with van der Waals surface area (Å²) in [6.07, 6.45) is 1.78. The molecule has 0 bridgehead atoms. The van der Waals surface area contributed by atoms with Crippen molar-refractivity contribution >= 4 is 17.7 Å². The summed E-state index contributed by atoms with van der Waals surface area (Å²) < 4.78 is 5.26. The van der Waals surface area contributed by atoms with Crippen LogP contribution in [0.5, 0.6) is 0 Å². The highest BCUT2D eigenvalue weighted by molar-refractivity contribution is 5.94. The van der Waals surface area contributed by atoms with Gasteiger partial charge in [0.15, 0.2) is 0 Å². The Kier molecular flexibility index (Phi) is 5.59. The molecule has 0 radical (unpaired) electrons. The van der Waals surface area contributed by atoms with E-state index in [2.05, 4.69) is 5.32 Å². The minimum Gasteiger partial charge on any atom is -0.467 e. The van der Waals surface area contributed by atoms with E-state index in [0.717, 1.165) is 5.56 Å². The fraction of sp³-hybridized carbons (Fsp3) is 0.350. The van der Waals surface area contributed by atoms with Crippen LogP contribution in [0.15, 0.2) is 47.1 Å². The van der Waals surface area contributed by atoms with Crippen molar-refractivity contribution in [2.24, 2.45) is 5.92 Å². The molecule has 0 spiro atoms. The van der Waals surface area contributed by atoms with Crippen LogP contribution in [-0.2, 0) is 22.7 Å². The van der Waals surface area contributed by atoms with Crippen molar-refractivity contribution in [1.82, 2.24) is 15.1 Å². The van der Waals surface area contributed by atoms with Crippen molar-refractivity contribution in [3.8, 4) is 0 Å². The molecule has 1 fully saturated rings. The van der Waals surface area contributed by atoms with E-state index in [1.54, 1.807) is 43.5 Å². The number of nitrogens with zero attached hydrogens (tertiary/aromatic N) is 2. The number of nitrogens with one attached hydrogen (secondary N) is 1. The highest BCUT2D eigenvalue weighted by atomic mass is 16.3. The zero-order valence-corrected chi connectivity index (χ0v) is 15.5. The normalized spacial score (nSPS) is 16.4. The van der Waals surface area contributed by atoms with Gasteiger partial charge >= 0.3 is 0 Å². The summed E-state index contributed by atoms with van der Waals surface area (Å²) in [6.45, 7) is 1.14. The van der Waals surface area contributed by atoms with Gasteiger partial charge in [-0.1, -0.05) is 12.1 Å². The van der Waals surface area contributed by atoms with Crippen molar-refractivity contribution in [3.05, 3.63) is 59.5 Å². The van der Waals surface area contributed by atoms with E-state index in [4.69, 9.17) is 4.42 Å². The monoisotopic (exact) mass is 369 g/mol. The van der Waals surface area contributed by atoms with E-state index >= 15 is 0 Å². The lowest BCUT2D eigenvalue weighted by atomic mass is 10.1. The highest BCUT2D eigenvalue weighted by Crippen LogP contribution is 2.20. The van der Waals surface area contributed by atoms with Crippen LogP contribution < -0.4 is 5.32 Å². The van der Waals surface area contributed by atoms with Gasteiger partial charge in [0.1, 0.15) is 5.76 Å². The molecule has 7 nitrogen and oxygen atoms in total. The highest BCUT2D eigenvalue weighted by Gasteiger charge is 2.34. The zero-order chi connectivity index (χ0) is 19.4. The predicted octanol–water partition coefficient (Wildman–Crippen LogP) is 1.65. The van der Waals surface area contributed by atoms with Gasteiger partial charge in [0.25, 0.3) is 5.91 Å². The van der Waals surface area contributed by atoms with E-state index in [0.29, 0.717) is 31.0 Å². The Balaban J connectivity index is 1.51. The van der Waals surface area contributed by atoms with Gasteiger partial charge in [-0.05, 0) is 29.8 Å². The lowest BCUT2D eigenvalue weighted by Gasteiger charge is -2.15. The second-order valence-electron chi connectivity index (χ2n) is 6.87. The molecule has 1 N–H and O–H groups in total. The molecule has 0 aliphatic carbocycles. The van der Waals surface area contributed by atoms with Crippen LogP contribution in [-0.4, -0.2) is 48.2 Å². The topological polar surface area (TPSA) is 82.9 Å². The summed E-state index contributed by atoms with van der Waals surface area (Å²) in [4.78, 5) is 39.6. The molecule has 27 heavy (non-hydrogen) atoms. The first kappa shape index (κ1) is 18.7. The molecule has 7 heteroatoms. The third kappa shape index (κ3) is 4.55.